The Morgan fingerprint density at radius 1 is 1.40 bits per heavy atom. The summed E-state index contributed by atoms with van der Waals surface area (Å²) in [7, 11) is -1.93. The van der Waals surface area contributed by atoms with Crippen LogP contribution in [0.25, 0.3) is 0 Å². The SMILES string of the molecule is Cc1n[nH]c(C)c1NS(=O)(=O)N(C)CCCNC1CC1. The molecule has 0 aromatic carbocycles. The van der Waals surface area contributed by atoms with Gasteiger partial charge in [0.25, 0.3) is 0 Å². The summed E-state index contributed by atoms with van der Waals surface area (Å²) in [6.07, 6.45) is 3.29. The third-order valence-electron chi connectivity index (χ3n) is 3.43. The van der Waals surface area contributed by atoms with Gasteiger partial charge in [-0.15, -0.1) is 0 Å². The van der Waals surface area contributed by atoms with Gasteiger partial charge >= 0.3 is 10.2 Å². The number of rotatable bonds is 8. The standard InChI is InChI=1S/C12H23N5O2S/c1-9-12(10(2)15-14-9)16-20(18,19)17(3)8-4-7-13-11-5-6-11/h11,13,16H,4-8H2,1-3H3,(H,14,15). The van der Waals surface area contributed by atoms with Crippen molar-refractivity contribution in [2.45, 2.75) is 39.2 Å². The molecule has 0 unspecified atom stereocenters. The molecule has 8 heteroatoms. The molecule has 0 radical (unpaired) electrons. The van der Waals surface area contributed by atoms with E-state index in [2.05, 4.69) is 20.2 Å². The van der Waals surface area contributed by atoms with Gasteiger partial charge in [0, 0.05) is 19.6 Å². The van der Waals surface area contributed by atoms with E-state index in [1.165, 1.54) is 17.1 Å². The van der Waals surface area contributed by atoms with Crippen LogP contribution in [0.3, 0.4) is 0 Å². The number of anilines is 1. The Morgan fingerprint density at radius 3 is 2.65 bits per heavy atom. The monoisotopic (exact) mass is 301 g/mol. The van der Waals surface area contributed by atoms with Crippen LogP contribution in [0.15, 0.2) is 0 Å². The van der Waals surface area contributed by atoms with Gasteiger partial charge in [-0.05, 0) is 39.7 Å². The maximum absolute atomic E-state index is 12.2. The van der Waals surface area contributed by atoms with E-state index in [0.29, 0.717) is 24.0 Å². The molecule has 1 heterocycles. The van der Waals surface area contributed by atoms with Gasteiger partial charge in [-0.1, -0.05) is 0 Å². The van der Waals surface area contributed by atoms with Crippen LogP contribution in [-0.2, 0) is 10.2 Å². The predicted molar refractivity (Wildman–Crippen MR) is 78.9 cm³/mol. The second kappa shape index (κ2) is 6.11. The van der Waals surface area contributed by atoms with Gasteiger partial charge in [0.05, 0.1) is 17.1 Å². The van der Waals surface area contributed by atoms with Crippen LogP contribution in [-0.4, -0.2) is 49.1 Å². The van der Waals surface area contributed by atoms with Gasteiger partial charge in [0.2, 0.25) is 0 Å². The summed E-state index contributed by atoms with van der Waals surface area (Å²) in [5, 5.41) is 10.1. The number of hydrogen-bond acceptors (Lipinski definition) is 4. The van der Waals surface area contributed by atoms with Gasteiger partial charge in [0.15, 0.2) is 0 Å². The fourth-order valence-electron chi connectivity index (χ4n) is 1.92. The molecule has 20 heavy (non-hydrogen) atoms. The molecule has 0 saturated heterocycles. The minimum atomic E-state index is -3.52. The van der Waals surface area contributed by atoms with Crippen molar-refractivity contribution in [3.8, 4) is 0 Å². The summed E-state index contributed by atoms with van der Waals surface area (Å²) in [5.74, 6) is 0. The van der Waals surface area contributed by atoms with E-state index in [1.807, 2.05) is 0 Å². The first-order valence-corrected chi connectivity index (χ1v) is 8.33. The molecule has 0 spiro atoms. The van der Waals surface area contributed by atoms with E-state index in [-0.39, 0.29) is 0 Å². The molecule has 1 fully saturated rings. The summed E-state index contributed by atoms with van der Waals surface area (Å²) in [6.45, 7) is 4.90. The van der Waals surface area contributed by atoms with Crippen molar-refractivity contribution < 1.29 is 8.42 Å². The van der Waals surface area contributed by atoms with Crippen molar-refractivity contribution in [2.75, 3.05) is 24.9 Å². The fraction of sp³-hybridized carbons (Fsp3) is 0.750. The highest BCUT2D eigenvalue weighted by Crippen LogP contribution is 2.19. The Hall–Kier alpha value is -1.12. The first-order chi connectivity index (χ1) is 9.40. The molecule has 1 aromatic rings. The lowest BCUT2D eigenvalue weighted by Gasteiger charge is -2.18. The van der Waals surface area contributed by atoms with Crippen LogP contribution >= 0.6 is 0 Å². The van der Waals surface area contributed by atoms with Crippen LogP contribution < -0.4 is 10.0 Å². The quantitative estimate of drug-likeness (QED) is 0.618. The fourth-order valence-corrected chi connectivity index (χ4v) is 3.01. The van der Waals surface area contributed by atoms with E-state index >= 15 is 0 Å². The Balaban J connectivity index is 1.84. The molecule has 0 amide bonds. The summed E-state index contributed by atoms with van der Waals surface area (Å²) in [5.41, 5.74) is 1.90. The first kappa shape index (κ1) is 15.3. The van der Waals surface area contributed by atoms with Crippen molar-refractivity contribution in [1.82, 2.24) is 19.8 Å². The third-order valence-corrected chi connectivity index (χ3v) is 4.89. The lowest BCUT2D eigenvalue weighted by Crippen LogP contribution is -2.35. The average molecular weight is 301 g/mol. The molecule has 0 bridgehead atoms. The van der Waals surface area contributed by atoms with E-state index < -0.39 is 10.2 Å². The highest BCUT2D eigenvalue weighted by molar-refractivity contribution is 7.90. The molecule has 1 aliphatic rings. The smallest absolute Gasteiger partial charge is 0.301 e. The molecule has 0 atom stereocenters. The molecule has 3 N–H and O–H groups in total. The second-order valence-corrected chi connectivity index (χ2v) is 7.10. The number of nitrogens with zero attached hydrogens (tertiary/aromatic N) is 2. The largest absolute Gasteiger partial charge is 0.314 e. The predicted octanol–water partition coefficient (Wildman–Crippen LogP) is 0.757. The Labute approximate surface area is 120 Å². The zero-order valence-corrected chi connectivity index (χ0v) is 13.0. The van der Waals surface area contributed by atoms with Crippen LogP contribution in [0.1, 0.15) is 30.7 Å². The molecule has 0 aliphatic heterocycles. The average Bonchev–Trinajstić information content (AvgIpc) is 3.16. The number of H-pyrrole nitrogens is 1. The van der Waals surface area contributed by atoms with Crippen LogP contribution in [0, 0.1) is 13.8 Å². The maximum Gasteiger partial charge on any atom is 0.301 e. The zero-order chi connectivity index (χ0) is 14.8. The second-order valence-electron chi connectivity index (χ2n) is 5.32. The van der Waals surface area contributed by atoms with Gasteiger partial charge in [0.1, 0.15) is 0 Å². The molecule has 1 aliphatic carbocycles. The van der Waals surface area contributed by atoms with Crippen molar-refractivity contribution in [2.24, 2.45) is 0 Å². The topological polar surface area (TPSA) is 90.1 Å². The summed E-state index contributed by atoms with van der Waals surface area (Å²) in [4.78, 5) is 0. The molecule has 1 saturated carbocycles. The van der Waals surface area contributed by atoms with E-state index in [9.17, 15) is 8.42 Å². The first-order valence-electron chi connectivity index (χ1n) is 6.89. The van der Waals surface area contributed by atoms with E-state index in [1.54, 1.807) is 20.9 Å². The lowest BCUT2D eigenvalue weighted by atomic mass is 10.3. The Kier molecular flexibility index (Phi) is 4.66. The number of aromatic amines is 1. The van der Waals surface area contributed by atoms with Gasteiger partial charge in [-0.2, -0.15) is 17.8 Å². The van der Waals surface area contributed by atoms with Gasteiger partial charge in [-0.25, -0.2) is 0 Å². The van der Waals surface area contributed by atoms with Crippen molar-refractivity contribution in [1.29, 1.82) is 0 Å². The normalized spacial score (nSPS) is 15.8. The summed E-state index contributed by atoms with van der Waals surface area (Å²) < 4.78 is 28.3. The minimum absolute atomic E-state index is 0.491. The maximum atomic E-state index is 12.2. The van der Waals surface area contributed by atoms with E-state index in [0.717, 1.165) is 18.7 Å². The van der Waals surface area contributed by atoms with Crippen LogP contribution in [0.5, 0.6) is 0 Å². The molecular formula is C12H23N5O2S. The molecule has 1 aromatic heterocycles. The number of aryl methyl sites for hydroxylation is 2. The Morgan fingerprint density at radius 2 is 2.10 bits per heavy atom. The highest BCUT2D eigenvalue weighted by Gasteiger charge is 2.22. The number of hydrogen-bond donors (Lipinski definition) is 3. The van der Waals surface area contributed by atoms with Crippen molar-refractivity contribution in [3.63, 3.8) is 0 Å². The number of aromatic nitrogens is 2. The minimum Gasteiger partial charge on any atom is -0.314 e. The van der Waals surface area contributed by atoms with Gasteiger partial charge < -0.3 is 5.32 Å². The molecule has 114 valence electrons. The van der Waals surface area contributed by atoms with Gasteiger partial charge in [-0.3, -0.25) is 9.82 Å². The third kappa shape index (κ3) is 3.94. The Bertz CT molecular complexity index is 531. The van der Waals surface area contributed by atoms with Crippen molar-refractivity contribution >= 4 is 15.9 Å². The highest BCUT2D eigenvalue weighted by atomic mass is 32.2. The zero-order valence-electron chi connectivity index (χ0n) is 12.2. The molecule has 7 nitrogen and oxygen atoms in total. The summed E-state index contributed by atoms with van der Waals surface area (Å²) in [6, 6.07) is 0.659. The number of nitrogens with one attached hydrogen (secondary N) is 3. The van der Waals surface area contributed by atoms with E-state index in [4.69, 9.17) is 0 Å². The van der Waals surface area contributed by atoms with Crippen LogP contribution in [0.2, 0.25) is 0 Å². The molecule has 2 rings (SSSR count). The lowest BCUT2D eigenvalue weighted by molar-refractivity contribution is 0.457. The van der Waals surface area contributed by atoms with Crippen LogP contribution in [0.4, 0.5) is 5.69 Å². The van der Waals surface area contributed by atoms with Crippen molar-refractivity contribution in [3.05, 3.63) is 11.4 Å². The summed E-state index contributed by atoms with van der Waals surface area (Å²) >= 11 is 0. The molecular weight excluding hydrogens is 278 g/mol.